The summed E-state index contributed by atoms with van der Waals surface area (Å²) in [6.07, 6.45) is 2.56. The summed E-state index contributed by atoms with van der Waals surface area (Å²) in [6, 6.07) is 3.51. The minimum Gasteiger partial charge on any atom is -0.480 e. The van der Waals surface area contributed by atoms with Gasteiger partial charge in [-0.15, -0.1) is 0 Å². The fourth-order valence-electron chi connectivity index (χ4n) is 1.92. The molecule has 0 aliphatic heterocycles. The third-order valence-electron chi connectivity index (χ3n) is 2.90. The van der Waals surface area contributed by atoms with Crippen molar-refractivity contribution in [2.75, 3.05) is 20.8 Å². The first-order valence-corrected chi connectivity index (χ1v) is 7.42. The molecule has 0 saturated heterocycles. The van der Waals surface area contributed by atoms with E-state index in [9.17, 15) is 0 Å². The zero-order valence-electron chi connectivity index (χ0n) is 12.2. The maximum absolute atomic E-state index is 5.65. The van der Waals surface area contributed by atoms with Gasteiger partial charge in [-0.05, 0) is 41.0 Å². The second-order valence-electron chi connectivity index (χ2n) is 4.34. The molecule has 0 bridgehead atoms. The molecule has 7 heteroatoms. The minimum atomic E-state index is -0.232. The van der Waals surface area contributed by atoms with Crippen LogP contribution in [0.5, 0.6) is 11.8 Å². The number of aromatic nitrogens is 2. The normalized spacial score (nSPS) is 12.2. The van der Waals surface area contributed by atoms with Gasteiger partial charge in [0.25, 0.3) is 0 Å². The molecule has 0 saturated carbocycles. The third kappa shape index (κ3) is 3.74. The molecule has 2 aromatic rings. The van der Waals surface area contributed by atoms with Crippen molar-refractivity contribution in [1.29, 1.82) is 0 Å². The highest BCUT2D eigenvalue weighted by molar-refractivity contribution is 9.10. The van der Waals surface area contributed by atoms with Gasteiger partial charge in [-0.3, -0.25) is 0 Å². The summed E-state index contributed by atoms with van der Waals surface area (Å²) in [4.78, 5) is 8.68. The predicted molar refractivity (Wildman–Crippen MR) is 81.7 cm³/mol. The van der Waals surface area contributed by atoms with Gasteiger partial charge in [-0.25, -0.2) is 4.98 Å². The van der Waals surface area contributed by atoms with Crippen LogP contribution in [0, 0.1) is 0 Å². The van der Waals surface area contributed by atoms with Gasteiger partial charge in [0.2, 0.25) is 11.8 Å². The average molecular weight is 356 g/mol. The summed E-state index contributed by atoms with van der Waals surface area (Å²) in [5, 5.41) is 3.39. The monoisotopic (exact) mass is 355 g/mol. The summed E-state index contributed by atoms with van der Waals surface area (Å²) >= 11 is 3.32. The molecule has 2 rings (SSSR count). The number of halogens is 1. The molecule has 0 spiro atoms. The molecule has 0 fully saturated rings. The Balaban J connectivity index is 2.40. The number of nitrogens with one attached hydrogen (secondary N) is 1. The lowest BCUT2D eigenvalue weighted by Gasteiger charge is -2.17. The topological polar surface area (TPSA) is 69.4 Å². The van der Waals surface area contributed by atoms with Crippen LogP contribution in [0.1, 0.15) is 30.8 Å². The average Bonchev–Trinajstić information content (AvgIpc) is 2.94. The second kappa shape index (κ2) is 7.42. The van der Waals surface area contributed by atoms with Crippen LogP contribution < -0.4 is 14.8 Å². The van der Waals surface area contributed by atoms with Gasteiger partial charge in [0.15, 0.2) is 4.67 Å². The molecule has 2 heterocycles. The molecule has 1 atom stereocenters. The molecule has 0 aliphatic rings. The third-order valence-corrected chi connectivity index (χ3v) is 3.32. The van der Waals surface area contributed by atoms with Crippen LogP contribution in [0.2, 0.25) is 0 Å². The van der Waals surface area contributed by atoms with E-state index in [2.05, 4.69) is 38.1 Å². The smallest absolute Gasteiger partial charge is 0.240 e. The fourth-order valence-corrected chi connectivity index (χ4v) is 2.24. The fraction of sp³-hybridized carbons (Fsp3) is 0.429. The molecule has 2 aromatic heterocycles. The molecular formula is C14H18BrN3O3. The molecular weight excluding hydrogens is 338 g/mol. The number of methoxy groups -OCH3 is 2. The lowest BCUT2D eigenvalue weighted by Crippen LogP contribution is -2.24. The number of ether oxygens (including phenoxy) is 2. The van der Waals surface area contributed by atoms with Gasteiger partial charge >= 0.3 is 0 Å². The minimum absolute atomic E-state index is 0.232. The largest absolute Gasteiger partial charge is 0.480 e. The van der Waals surface area contributed by atoms with Crippen molar-refractivity contribution in [2.45, 2.75) is 19.4 Å². The number of hydrogen-bond donors (Lipinski definition) is 1. The van der Waals surface area contributed by atoms with Crippen molar-refractivity contribution in [3.63, 3.8) is 0 Å². The van der Waals surface area contributed by atoms with E-state index in [-0.39, 0.29) is 6.04 Å². The predicted octanol–water partition coefficient (Wildman–Crippen LogP) is 2.94. The van der Waals surface area contributed by atoms with E-state index in [1.807, 2.05) is 12.1 Å². The summed E-state index contributed by atoms with van der Waals surface area (Å²) in [5.74, 6) is 1.56. The van der Waals surface area contributed by atoms with Crippen molar-refractivity contribution < 1.29 is 13.9 Å². The van der Waals surface area contributed by atoms with Crippen LogP contribution in [-0.2, 0) is 0 Å². The first-order valence-electron chi connectivity index (χ1n) is 6.63. The summed E-state index contributed by atoms with van der Waals surface area (Å²) in [5.41, 5.74) is 0.661. The van der Waals surface area contributed by atoms with Crippen LogP contribution in [0.15, 0.2) is 27.4 Å². The van der Waals surface area contributed by atoms with Gasteiger partial charge in [0.05, 0.1) is 20.4 Å². The van der Waals surface area contributed by atoms with Crippen LogP contribution in [0.3, 0.4) is 0 Å². The van der Waals surface area contributed by atoms with E-state index in [0.29, 0.717) is 22.1 Å². The standard InChI is InChI=1S/C14H18BrN3O3/c1-4-7-16-12(9-5-6-10(15)21-9)13-14(20-3)18-11(19-2)8-17-13/h5-6,8,12,16H,4,7H2,1-3H3. The summed E-state index contributed by atoms with van der Waals surface area (Å²) in [7, 11) is 3.10. The van der Waals surface area contributed by atoms with Crippen LogP contribution in [0.25, 0.3) is 0 Å². The highest BCUT2D eigenvalue weighted by Gasteiger charge is 2.24. The van der Waals surface area contributed by atoms with E-state index >= 15 is 0 Å². The Morgan fingerprint density at radius 3 is 2.71 bits per heavy atom. The zero-order chi connectivity index (χ0) is 15.2. The van der Waals surface area contributed by atoms with E-state index in [0.717, 1.165) is 18.7 Å². The Hall–Kier alpha value is -1.60. The maximum atomic E-state index is 5.65. The van der Waals surface area contributed by atoms with Gasteiger partial charge in [-0.2, -0.15) is 4.98 Å². The maximum Gasteiger partial charge on any atom is 0.240 e. The molecule has 6 nitrogen and oxygen atoms in total. The number of nitrogens with zero attached hydrogens (tertiary/aromatic N) is 2. The van der Waals surface area contributed by atoms with Crippen LogP contribution in [-0.4, -0.2) is 30.7 Å². The molecule has 1 N–H and O–H groups in total. The van der Waals surface area contributed by atoms with E-state index in [4.69, 9.17) is 13.9 Å². The van der Waals surface area contributed by atoms with Gasteiger partial charge in [0, 0.05) is 0 Å². The van der Waals surface area contributed by atoms with Gasteiger partial charge in [0.1, 0.15) is 17.5 Å². The van der Waals surface area contributed by atoms with E-state index in [1.54, 1.807) is 20.4 Å². The quantitative estimate of drug-likeness (QED) is 0.823. The molecule has 0 aliphatic carbocycles. The Labute approximate surface area is 132 Å². The second-order valence-corrected chi connectivity index (χ2v) is 5.12. The van der Waals surface area contributed by atoms with Crippen molar-refractivity contribution in [3.05, 3.63) is 34.5 Å². The number of furan rings is 1. The highest BCUT2D eigenvalue weighted by atomic mass is 79.9. The first-order chi connectivity index (χ1) is 10.2. The summed E-state index contributed by atoms with van der Waals surface area (Å²) in [6.45, 7) is 2.92. The molecule has 0 aromatic carbocycles. The van der Waals surface area contributed by atoms with Crippen LogP contribution >= 0.6 is 15.9 Å². The molecule has 114 valence electrons. The van der Waals surface area contributed by atoms with Crippen molar-refractivity contribution >= 4 is 15.9 Å². The Bertz CT molecular complexity index is 589. The van der Waals surface area contributed by atoms with Gasteiger partial charge in [-0.1, -0.05) is 6.92 Å². The molecule has 21 heavy (non-hydrogen) atoms. The number of rotatable bonds is 7. The van der Waals surface area contributed by atoms with Crippen molar-refractivity contribution in [2.24, 2.45) is 0 Å². The first kappa shape index (κ1) is 15.8. The zero-order valence-corrected chi connectivity index (χ0v) is 13.8. The molecule has 0 radical (unpaired) electrons. The Morgan fingerprint density at radius 2 is 2.14 bits per heavy atom. The molecule has 1 unspecified atom stereocenters. The lowest BCUT2D eigenvalue weighted by molar-refractivity contribution is 0.346. The summed E-state index contributed by atoms with van der Waals surface area (Å²) < 4.78 is 16.7. The van der Waals surface area contributed by atoms with E-state index < -0.39 is 0 Å². The highest BCUT2D eigenvalue weighted by Crippen LogP contribution is 2.30. The Morgan fingerprint density at radius 1 is 1.33 bits per heavy atom. The SMILES string of the molecule is CCCNC(c1ccc(Br)o1)c1ncc(OC)nc1OC. The number of hydrogen-bond acceptors (Lipinski definition) is 6. The van der Waals surface area contributed by atoms with Gasteiger partial charge < -0.3 is 19.2 Å². The van der Waals surface area contributed by atoms with Crippen molar-refractivity contribution in [3.8, 4) is 11.8 Å². The van der Waals surface area contributed by atoms with E-state index in [1.165, 1.54) is 0 Å². The van der Waals surface area contributed by atoms with Crippen LogP contribution in [0.4, 0.5) is 0 Å². The Kier molecular flexibility index (Phi) is 5.58. The lowest BCUT2D eigenvalue weighted by atomic mass is 10.1. The molecule has 0 amide bonds. The van der Waals surface area contributed by atoms with Crippen molar-refractivity contribution in [1.82, 2.24) is 15.3 Å².